The summed E-state index contributed by atoms with van der Waals surface area (Å²) in [5.41, 5.74) is 0. The molecule has 1 atom stereocenters. The van der Waals surface area contributed by atoms with Gasteiger partial charge in [0, 0.05) is 49.5 Å². The fraction of sp³-hybridized carbons (Fsp3) is 0.538. The van der Waals surface area contributed by atoms with Crippen LogP contribution in [0, 0.1) is 5.92 Å². The van der Waals surface area contributed by atoms with Crippen molar-refractivity contribution in [3.63, 3.8) is 0 Å². The van der Waals surface area contributed by atoms with Crippen molar-refractivity contribution in [3.05, 3.63) is 33.8 Å². The van der Waals surface area contributed by atoms with Gasteiger partial charge in [-0.3, -0.25) is 0 Å². The molecule has 0 fully saturated rings. The lowest BCUT2D eigenvalue weighted by atomic mass is 9.99. The van der Waals surface area contributed by atoms with E-state index in [1.165, 1.54) is 17.1 Å². The van der Waals surface area contributed by atoms with Crippen molar-refractivity contribution in [2.24, 2.45) is 5.92 Å². The molecule has 6 heteroatoms. The molecule has 1 aliphatic heterocycles. The van der Waals surface area contributed by atoms with Gasteiger partial charge in [-0.25, -0.2) is 9.97 Å². The number of thiazole rings is 1. The molecule has 0 aromatic carbocycles. The van der Waals surface area contributed by atoms with Crippen LogP contribution in [0.4, 0.5) is 0 Å². The molecule has 0 unspecified atom stereocenters. The average Bonchev–Trinajstić information content (AvgIpc) is 2.97. The standard InChI is InChI=1S/C13H17ClN4S/c1-17(9-11-6-16-13(14)19-11)7-10-2-3-12-15-4-5-18(12)8-10/h4-6,10H,2-3,7-9H2,1H3/t10-/m0/s1. The zero-order valence-corrected chi connectivity index (χ0v) is 12.5. The third kappa shape index (κ3) is 3.16. The van der Waals surface area contributed by atoms with E-state index in [0.717, 1.165) is 26.1 Å². The van der Waals surface area contributed by atoms with Crippen molar-refractivity contribution in [3.8, 4) is 0 Å². The third-order valence-corrected chi connectivity index (χ3v) is 4.65. The quantitative estimate of drug-likeness (QED) is 0.870. The number of hydrogen-bond acceptors (Lipinski definition) is 4. The molecule has 3 heterocycles. The second-order valence-electron chi connectivity index (χ2n) is 5.18. The van der Waals surface area contributed by atoms with Crippen molar-refractivity contribution in [2.45, 2.75) is 25.9 Å². The molecule has 0 N–H and O–H groups in total. The summed E-state index contributed by atoms with van der Waals surface area (Å²) in [5, 5.41) is 0. The average molecular weight is 297 g/mol. The van der Waals surface area contributed by atoms with Crippen LogP contribution in [0.15, 0.2) is 18.6 Å². The van der Waals surface area contributed by atoms with Crippen LogP contribution in [0.5, 0.6) is 0 Å². The minimum Gasteiger partial charge on any atom is -0.335 e. The van der Waals surface area contributed by atoms with Crippen molar-refractivity contribution in [1.29, 1.82) is 0 Å². The first-order valence-electron chi connectivity index (χ1n) is 6.49. The van der Waals surface area contributed by atoms with Crippen LogP contribution >= 0.6 is 22.9 Å². The topological polar surface area (TPSA) is 34.0 Å². The molecule has 0 bridgehead atoms. The predicted octanol–water partition coefficient (Wildman–Crippen LogP) is 2.69. The number of aromatic nitrogens is 3. The summed E-state index contributed by atoms with van der Waals surface area (Å²) in [4.78, 5) is 12.0. The lowest BCUT2D eigenvalue weighted by Crippen LogP contribution is -2.31. The van der Waals surface area contributed by atoms with Gasteiger partial charge in [-0.1, -0.05) is 11.6 Å². The Labute approximate surface area is 122 Å². The zero-order valence-electron chi connectivity index (χ0n) is 10.9. The van der Waals surface area contributed by atoms with Crippen molar-refractivity contribution in [1.82, 2.24) is 19.4 Å². The molecule has 4 nitrogen and oxygen atoms in total. The molecule has 0 saturated carbocycles. The van der Waals surface area contributed by atoms with Crippen LogP contribution < -0.4 is 0 Å². The van der Waals surface area contributed by atoms with E-state index in [1.54, 1.807) is 11.3 Å². The minimum absolute atomic E-state index is 0.629. The summed E-state index contributed by atoms with van der Waals surface area (Å²) in [7, 11) is 2.16. The molecule has 0 amide bonds. The highest BCUT2D eigenvalue weighted by atomic mass is 35.5. The minimum atomic E-state index is 0.629. The maximum absolute atomic E-state index is 5.86. The molecule has 19 heavy (non-hydrogen) atoms. The molecule has 1 aliphatic rings. The number of fused-ring (bicyclic) bond motifs is 1. The van der Waals surface area contributed by atoms with Crippen LogP contribution in [-0.2, 0) is 19.5 Å². The van der Waals surface area contributed by atoms with E-state index in [-0.39, 0.29) is 0 Å². The van der Waals surface area contributed by atoms with E-state index in [2.05, 4.69) is 32.7 Å². The Morgan fingerprint density at radius 2 is 2.42 bits per heavy atom. The molecule has 0 saturated heterocycles. The largest absolute Gasteiger partial charge is 0.335 e. The van der Waals surface area contributed by atoms with Gasteiger partial charge in [-0.2, -0.15) is 0 Å². The third-order valence-electron chi connectivity index (χ3n) is 3.55. The maximum atomic E-state index is 5.86. The first-order chi connectivity index (χ1) is 9.20. The summed E-state index contributed by atoms with van der Waals surface area (Å²) in [6.07, 6.45) is 8.19. The molecule has 2 aromatic rings. The van der Waals surface area contributed by atoms with Crippen LogP contribution in [0.1, 0.15) is 17.1 Å². The van der Waals surface area contributed by atoms with Gasteiger partial charge in [-0.05, 0) is 19.4 Å². The highest BCUT2D eigenvalue weighted by Crippen LogP contribution is 2.22. The summed E-state index contributed by atoms with van der Waals surface area (Å²) < 4.78 is 2.91. The summed E-state index contributed by atoms with van der Waals surface area (Å²) >= 11 is 7.42. The molecular formula is C13H17ClN4S. The van der Waals surface area contributed by atoms with Gasteiger partial charge in [0.25, 0.3) is 0 Å². The van der Waals surface area contributed by atoms with Crippen molar-refractivity contribution < 1.29 is 0 Å². The van der Waals surface area contributed by atoms with Gasteiger partial charge in [0.1, 0.15) is 5.82 Å². The molecule has 0 aliphatic carbocycles. The Hall–Kier alpha value is -0.910. The first-order valence-corrected chi connectivity index (χ1v) is 7.69. The Bertz CT molecular complexity index is 550. The molecule has 2 aromatic heterocycles. The van der Waals surface area contributed by atoms with E-state index < -0.39 is 0 Å². The van der Waals surface area contributed by atoms with Gasteiger partial charge in [0.2, 0.25) is 0 Å². The molecular weight excluding hydrogens is 280 g/mol. The second kappa shape index (κ2) is 5.61. The Morgan fingerprint density at radius 1 is 1.53 bits per heavy atom. The predicted molar refractivity (Wildman–Crippen MR) is 77.5 cm³/mol. The number of rotatable bonds is 4. The normalized spacial score (nSPS) is 18.8. The Balaban J connectivity index is 1.54. The fourth-order valence-corrected chi connectivity index (χ4v) is 3.77. The fourth-order valence-electron chi connectivity index (χ4n) is 2.71. The lowest BCUT2D eigenvalue weighted by molar-refractivity contribution is 0.230. The summed E-state index contributed by atoms with van der Waals surface area (Å²) in [5.74, 6) is 1.93. The van der Waals surface area contributed by atoms with E-state index in [0.29, 0.717) is 10.4 Å². The van der Waals surface area contributed by atoms with Crippen LogP contribution in [-0.4, -0.2) is 33.0 Å². The van der Waals surface area contributed by atoms with Crippen LogP contribution in [0.25, 0.3) is 0 Å². The van der Waals surface area contributed by atoms with Gasteiger partial charge in [-0.15, -0.1) is 11.3 Å². The highest BCUT2D eigenvalue weighted by molar-refractivity contribution is 7.15. The summed E-state index contributed by atoms with van der Waals surface area (Å²) in [6, 6.07) is 0. The van der Waals surface area contributed by atoms with E-state index in [4.69, 9.17) is 11.6 Å². The number of hydrogen-bond donors (Lipinski definition) is 0. The van der Waals surface area contributed by atoms with Gasteiger partial charge in [0.15, 0.2) is 4.47 Å². The number of aryl methyl sites for hydroxylation is 1. The zero-order chi connectivity index (χ0) is 13.2. The maximum Gasteiger partial charge on any atom is 0.183 e. The number of nitrogens with zero attached hydrogens (tertiary/aromatic N) is 4. The molecule has 102 valence electrons. The van der Waals surface area contributed by atoms with Gasteiger partial charge >= 0.3 is 0 Å². The highest BCUT2D eigenvalue weighted by Gasteiger charge is 2.20. The van der Waals surface area contributed by atoms with Crippen LogP contribution in [0.2, 0.25) is 4.47 Å². The molecule has 0 spiro atoms. The lowest BCUT2D eigenvalue weighted by Gasteiger charge is -2.27. The van der Waals surface area contributed by atoms with Gasteiger partial charge < -0.3 is 9.47 Å². The number of imidazole rings is 1. The SMILES string of the molecule is CN(Cc1cnc(Cl)s1)C[C@@H]1CCc2nccn2C1. The molecule has 3 rings (SSSR count). The van der Waals surface area contributed by atoms with Crippen molar-refractivity contribution >= 4 is 22.9 Å². The Morgan fingerprint density at radius 3 is 3.21 bits per heavy atom. The van der Waals surface area contributed by atoms with Gasteiger partial charge in [0.05, 0.1) is 0 Å². The monoisotopic (exact) mass is 296 g/mol. The first kappa shape index (κ1) is 13.1. The Kier molecular flexibility index (Phi) is 3.86. The van der Waals surface area contributed by atoms with E-state index in [9.17, 15) is 0 Å². The van der Waals surface area contributed by atoms with Crippen molar-refractivity contribution in [2.75, 3.05) is 13.6 Å². The smallest absolute Gasteiger partial charge is 0.183 e. The van der Waals surface area contributed by atoms with E-state index in [1.807, 2.05) is 12.4 Å². The number of halogens is 1. The summed E-state index contributed by atoms with van der Waals surface area (Å²) in [6.45, 7) is 3.12. The van der Waals surface area contributed by atoms with E-state index >= 15 is 0 Å². The second-order valence-corrected chi connectivity index (χ2v) is 6.87. The molecule has 0 radical (unpaired) electrons. The van der Waals surface area contributed by atoms with Crippen LogP contribution in [0.3, 0.4) is 0 Å².